The van der Waals surface area contributed by atoms with Gasteiger partial charge >= 0.3 is 0 Å². The van der Waals surface area contributed by atoms with Crippen molar-refractivity contribution in [2.24, 2.45) is 22.6 Å². The number of nitrogens with zero attached hydrogens (tertiary/aromatic N) is 3. The van der Waals surface area contributed by atoms with Crippen molar-refractivity contribution in [1.29, 1.82) is 0 Å². The number of nitrogens with one attached hydrogen (secondary N) is 1. The maximum absolute atomic E-state index is 12.4. The van der Waals surface area contributed by atoms with Gasteiger partial charge in [-0.3, -0.25) is 4.79 Å². The van der Waals surface area contributed by atoms with Crippen LogP contribution in [0.3, 0.4) is 0 Å². The summed E-state index contributed by atoms with van der Waals surface area (Å²) in [7, 11) is 1.57. The lowest BCUT2D eigenvalue weighted by atomic mass is 9.90. The van der Waals surface area contributed by atoms with Crippen LogP contribution in [0, 0.1) is 19.8 Å². The van der Waals surface area contributed by atoms with Gasteiger partial charge in [0.15, 0.2) is 5.84 Å². The average molecular weight is 441 g/mol. The first-order valence-electron chi connectivity index (χ1n) is 11.0. The molecule has 2 aromatic rings. The molecule has 0 saturated heterocycles. The summed E-state index contributed by atoms with van der Waals surface area (Å²) in [5.41, 5.74) is 9.62. The zero-order valence-electron chi connectivity index (χ0n) is 19.3. The Bertz CT molecular complexity index is 907. The van der Waals surface area contributed by atoms with Crippen molar-refractivity contribution in [3.05, 3.63) is 64.5 Å². The molecule has 8 heteroatoms. The number of carbonyl (C=O) groups excluding carboxylic acids is 1. The van der Waals surface area contributed by atoms with E-state index in [1.165, 1.54) is 32.1 Å². The summed E-state index contributed by atoms with van der Waals surface area (Å²) in [5, 5.41) is 16.6. The number of carbonyl (C=O) groups is 1. The van der Waals surface area contributed by atoms with E-state index in [1.54, 1.807) is 26.1 Å². The number of hydrogen-bond donors (Lipinski definition) is 4. The smallest absolute Gasteiger partial charge is 0.270 e. The average Bonchev–Trinajstić information content (AvgIpc) is 2.77. The van der Waals surface area contributed by atoms with Crippen molar-refractivity contribution in [2.75, 3.05) is 13.7 Å². The summed E-state index contributed by atoms with van der Waals surface area (Å²) in [6.45, 7) is 4.65. The number of hydrogen-bond acceptors (Lipinski definition) is 6. The van der Waals surface area contributed by atoms with Gasteiger partial charge < -0.3 is 16.2 Å². The van der Waals surface area contributed by atoms with E-state index in [0.717, 1.165) is 16.2 Å². The molecule has 8 nitrogen and oxygen atoms in total. The van der Waals surface area contributed by atoms with Crippen molar-refractivity contribution in [2.45, 2.75) is 52.5 Å². The molecule has 1 aliphatic rings. The van der Waals surface area contributed by atoms with E-state index in [0.29, 0.717) is 30.3 Å². The minimum Gasteiger partial charge on any atom is -0.396 e. The van der Waals surface area contributed by atoms with Gasteiger partial charge in [-0.05, 0) is 50.3 Å². The molecule has 6 N–H and O–H groups in total. The summed E-state index contributed by atoms with van der Waals surface area (Å²) in [6, 6.07) is 11.3. The zero-order chi connectivity index (χ0) is 23.5. The molecule has 0 atom stereocenters. The number of amides is 1. The van der Waals surface area contributed by atoms with Crippen LogP contribution in [0.5, 0.6) is 0 Å². The number of aliphatic hydroxyl groups excluding tert-OH is 1. The molecule has 1 aromatic carbocycles. The molecule has 3 rings (SSSR count). The molecule has 0 bridgehead atoms. The third-order valence-corrected chi connectivity index (χ3v) is 5.27. The van der Waals surface area contributed by atoms with Crippen molar-refractivity contribution in [3.63, 3.8) is 0 Å². The molecule has 1 aromatic heterocycles. The highest BCUT2D eigenvalue weighted by atomic mass is 16.3. The number of aromatic nitrogens is 1. The number of aliphatic hydroxyl groups is 1. The number of hydrazone groups is 1. The molecule has 1 saturated carbocycles. The van der Waals surface area contributed by atoms with Crippen LogP contribution in [0.4, 0.5) is 0 Å². The van der Waals surface area contributed by atoms with E-state index >= 15 is 0 Å². The highest BCUT2D eigenvalue weighted by Crippen LogP contribution is 2.22. The van der Waals surface area contributed by atoms with E-state index in [2.05, 4.69) is 15.4 Å². The van der Waals surface area contributed by atoms with E-state index in [4.69, 9.17) is 16.7 Å². The Balaban J connectivity index is 0.000000380. The predicted molar refractivity (Wildman–Crippen MR) is 128 cm³/mol. The minimum atomic E-state index is -0.268. The van der Waals surface area contributed by atoms with E-state index in [1.807, 2.05) is 31.2 Å². The topological polar surface area (TPSA) is 130 Å². The Labute approximate surface area is 190 Å². The number of hydrazine groups is 1. The van der Waals surface area contributed by atoms with Gasteiger partial charge in [0, 0.05) is 31.5 Å². The number of amidine groups is 1. The Morgan fingerprint density at radius 1 is 1.22 bits per heavy atom. The van der Waals surface area contributed by atoms with Crippen molar-refractivity contribution >= 4 is 11.7 Å². The molecule has 1 aliphatic carbocycles. The van der Waals surface area contributed by atoms with E-state index in [-0.39, 0.29) is 17.4 Å². The lowest BCUT2D eigenvalue weighted by Crippen LogP contribution is -2.27. The van der Waals surface area contributed by atoms with Gasteiger partial charge in [-0.1, -0.05) is 49.1 Å². The first kappa shape index (κ1) is 25.3. The second-order valence-corrected chi connectivity index (χ2v) is 8.30. The third-order valence-electron chi connectivity index (χ3n) is 5.27. The molecule has 0 aliphatic heterocycles. The number of aryl methyl sites for hydroxylation is 2. The summed E-state index contributed by atoms with van der Waals surface area (Å²) >= 11 is 0. The molecule has 1 heterocycles. The fraction of sp³-hybridized carbons (Fsp3) is 0.458. The molecule has 0 spiro atoms. The van der Waals surface area contributed by atoms with Gasteiger partial charge in [-0.2, -0.15) is 0 Å². The first-order chi connectivity index (χ1) is 15.3. The van der Waals surface area contributed by atoms with Gasteiger partial charge in [-0.25, -0.2) is 15.9 Å². The largest absolute Gasteiger partial charge is 0.396 e. The normalized spacial score (nSPS) is 14.3. The lowest BCUT2D eigenvalue weighted by molar-refractivity contribution is 0.0945. The maximum atomic E-state index is 12.4. The second kappa shape index (κ2) is 12.8. The molecule has 32 heavy (non-hydrogen) atoms. The van der Waals surface area contributed by atoms with Crippen molar-refractivity contribution < 1.29 is 9.90 Å². The second-order valence-electron chi connectivity index (χ2n) is 8.30. The highest BCUT2D eigenvalue weighted by Gasteiger charge is 2.12. The molecule has 1 fully saturated rings. The Morgan fingerprint density at radius 3 is 2.53 bits per heavy atom. The van der Waals surface area contributed by atoms with Gasteiger partial charge in [0.2, 0.25) is 0 Å². The number of nitrogens with two attached hydrogens (primary N) is 2. The van der Waals surface area contributed by atoms with E-state index in [9.17, 15) is 4.79 Å². The molecular formula is C24H36N6O2. The molecule has 174 valence electrons. The maximum Gasteiger partial charge on any atom is 0.270 e. The van der Waals surface area contributed by atoms with Crippen LogP contribution in [-0.4, -0.2) is 40.6 Å². The molecule has 1 amide bonds. The quantitative estimate of drug-likeness (QED) is 0.236. The monoisotopic (exact) mass is 440 g/mol. The summed E-state index contributed by atoms with van der Waals surface area (Å²) in [6.07, 6.45) is 6.58. The number of benzene rings is 1. The van der Waals surface area contributed by atoms with Crippen LogP contribution in [0.15, 0.2) is 41.5 Å². The van der Waals surface area contributed by atoms with Crippen LogP contribution in [-0.2, 0) is 6.54 Å². The summed E-state index contributed by atoms with van der Waals surface area (Å²) < 4.78 is 0. The zero-order valence-corrected chi connectivity index (χ0v) is 19.3. The fourth-order valence-electron chi connectivity index (χ4n) is 3.63. The highest BCUT2D eigenvalue weighted by molar-refractivity contribution is 6.00. The first-order valence-corrected chi connectivity index (χ1v) is 11.0. The van der Waals surface area contributed by atoms with Crippen LogP contribution >= 0.6 is 0 Å². The molecular weight excluding hydrogens is 404 g/mol. The standard InChI is InChI=1S/C17H22N6O.C7H14O/c1-11-5-4-6-13(7-11)10-20-17(24)15-9-14(8-12(2)21-15)16(18)22-23(3)19;8-6-7-4-2-1-3-5-7/h4-9H,10,19H2,1-3H3,(H2,18,22)(H,20,24);7-8H,1-6H2. The minimum absolute atomic E-state index is 0.221. The van der Waals surface area contributed by atoms with Gasteiger partial charge in [-0.15, -0.1) is 5.10 Å². The SMILES string of the molecule is Cc1cccc(CNC(=O)c2cc(/C(N)=N/N(C)N)cc(C)n2)c1.OCC1CCCCC1. The number of pyridine rings is 1. The summed E-state index contributed by atoms with van der Waals surface area (Å²) in [4.78, 5) is 16.6. The number of rotatable bonds is 6. The van der Waals surface area contributed by atoms with Crippen LogP contribution in [0.25, 0.3) is 0 Å². The lowest BCUT2D eigenvalue weighted by Gasteiger charge is -2.18. The van der Waals surface area contributed by atoms with Gasteiger partial charge in [0.25, 0.3) is 5.91 Å². The fourth-order valence-corrected chi connectivity index (χ4v) is 3.63. The Hall–Kier alpha value is -2.97. The van der Waals surface area contributed by atoms with E-state index < -0.39 is 0 Å². The van der Waals surface area contributed by atoms with Crippen molar-refractivity contribution in [3.8, 4) is 0 Å². The summed E-state index contributed by atoms with van der Waals surface area (Å²) in [5.74, 6) is 6.06. The molecule has 0 unspecified atom stereocenters. The Kier molecular flexibility index (Phi) is 10.1. The van der Waals surface area contributed by atoms with Crippen LogP contribution in [0.1, 0.15) is 65.0 Å². The predicted octanol–water partition coefficient (Wildman–Crippen LogP) is 2.61. The Morgan fingerprint density at radius 2 is 1.94 bits per heavy atom. The van der Waals surface area contributed by atoms with Gasteiger partial charge in [0.1, 0.15) is 5.69 Å². The van der Waals surface area contributed by atoms with Crippen LogP contribution < -0.4 is 16.9 Å². The molecule has 0 radical (unpaired) electrons. The van der Waals surface area contributed by atoms with Crippen molar-refractivity contribution in [1.82, 2.24) is 15.4 Å². The van der Waals surface area contributed by atoms with Gasteiger partial charge in [0.05, 0.1) is 0 Å². The van der Waals surface area contributed by atoms with Crippen LogP contribution in [0.2, 0.25) is 0 Å². The third kappa shape index (κ3) is 8.64.